The molecule has 1 fully saturated rings. The highest BCUT2D eigenvalue weighted by atomic mass is 16.6. The monoisotopic (exact) mass is 441 g/mol. The number of phenolic OH excluding ortho intramolecular Hbond substituents is 1. The predicted octanol–water partition coefficient (Wildman–Crippen LogP) is 3.87. The van der Waals surface area contributed by atoms with E-state index in [1.807, 2.05) is 17.0 Å². The fourth-order valence-electron chi connectivity index (χ4n) is 6.75. The Morgan fingerprint density at radius 1 is 1.19 bits per heavy atom. The van der Waals surface area contributed by atoms with Crippen molar-refractivity contribution in [2.75, 3.05) is 20.2 Å². The number of nitrogens with zero attached hydrogens (tertiary/aromatic N) is 1. The second kappa shape index (κ2) is 8.22. The van der Waals surface area contributed by atoms with Crippen LogP contribution in [0.25, 0.3) is 0 Å². The number of benzene rings is 1. The van der Waals surface area contributed by atoms with Crippen molar-refractivity contribution in [1.29, 1.82) is 0 Å². The number of fused-ring (bicyclic) bond motifs is 2. The van der Waals surface area contributed by atoms with E-state index in [1.165, 1.54) is 6.92 Å². The average molecular weight is 442 g/mol. The van der Waals surface area contributed by atoms with Crippen LogP contribution in [0, 0.1) is 16.7 Å². The van der Waals surface area contributed by atoms with Gasteiger partial charge in [-0.1, -0.05) is 39.3 Å². The lowest BCUT2D eigenvalue weighted by Crippen LogP contribution is -2.58. The third kappa shape index (κ3) is 3.72. The van der Waals surface area contributed by atoms with Gasteiger partial charge in [0.1, 0.15) is 18.0 Å². The minimum absolute atomic E-state index is 0.0114. The molecule has 32 heavy (non-hydrogen) atoms. The molecule has 2 aliphatic carbocycles. The molecule has 0 unspecified atom stereocenters. The lowest BCUT2D eigenvalue weighted by atomic mass is 9.49. The lowest BCUT2D eigenvalue weighted by molar-refractivity contribution is -0.176. The molecular formula is C26H35NO5. The Morgan fingerprint density at radius 2 is 1.88 bits per heavy atom. The van der Waals surface area contributed by atoms with Crippen LogP contribution in [-0.4, -0.2) is 54.3 Å². The van der Waals surface area contributed by atoms with Crippen LogP contribution >= 0.6 is 0 Å². The van der Waals surface area contributed by atoms with Crippen molar-refractivity contribution in [3.05, 3.63) is 41.0 Å². The van der Waals surface area contributed by atoms with Crippen LogP contribution in [0.4, 0.5) is 0 Å². The summed E-state index contributed by atoms with van der Waals surface area (Å²) >= 11 is 0. The van der Waals surface area contributed by atoms with E-state index in [9.17, 15) is 14.7 Å². The number of aromatic hydroxyl groups is 1. The predicted molar refractivity (Wildman–Crippen MR) is 121 cm³/mol. The maximum atomic E-state index is 13.7. The highest BCUT2D eigenvalue weighted by Gasteiger charge is 2.62. The third-order valence-electron chi connectivity index (χ3n) is 7.93. The van der Waals surface area contributed by atoms with Crippen molar-refractivity contribution in [2.24, 2.45) is 16.7 Å². The van der Waals surface area contributed by atoms with E-state index >= 15 is 0 Å². The quantitative estimate of drug-likeness (QED) is 0.702. The number of hydrogen-bond donors (Lipinski definition) is 1. The molecule has 0 radical (unpaired) electrons. The summed E-state index contributed by atoms with van der Waals surface area (Å²) in [6.07, 6.45) is 2.88. The Bertz CT molecular complexity index is 934. The Morgan fingerprint density at radius 3 is 2.50 bits per heavy atom. The van der Waals surface area contributed by atoms with Crippen LogP contribution in [0.1, 0.15) is 52.5 Å². The number of esters is 1. The smallest absolute Gasteiger partial charge is 0.303 e. The maximum Gasteiger partial charge on any atom is 0.303 e. The average Bonchev–Trinajstić information content (AvgIpc) is 3.04. The van der Waals surface area contributed by atoms with Crippen molar-refractivity contribution in [3.8, 4) is 5.75 Å². The largest absolute Gasteiger partial charge is 0.508 e. The highest BCUT2D eigenvalue weighted by Crippen LogP contribution is 2.61. The van der Waals surface area contributed by atoms with Crippen LogP contribution in [0.2, 0.25) is 0 Å². The number of amides is 1. The lowest BCUT2D eigenvalue weighted by Gasteiger charge is -2.57. The first-order valence-electron chi connectivity index (χ1n) is 11.6. The second-order valence-electron chi connectivity index (χ2n) is 10.5. The maximum absolute atomic E-state index is 13.7. The Hall–Kier alpha value is -2.34. The minimum atomic E-state index is -0.410. The van der Waals surface area contributed by atoms with E-state index in [0.29, 0.717) is 19.5 Å². The molecule has 6 nitrogen and oxygen atoms in total. The van der Waals surface area contributed by atoms with Gasteiger partial charge in [-0.2, -0.15) is 0 Å². The topological polar surface area (TPSA) is 76.1 Å². The van der Waals surface area contributed by atoms with E-state index in [-0.39, 0.29) is 34.4 Å². The Kier molecular flexibility index (Phi) is 5.86. The van der Waals surface area contributed by atoms with Crippen molar-refractivity contribution < 1.29 is 24.2 Å². The van der Waals surface area contributed by atoms with Crippen LogP contribution in [0.3, 0.4) is 0 Å². The molecular weight excluding hydrogens is 406 g/mol. The zero-order valence-electron chi connectivity index (χ0n) is 19.8. The van der Waals surface area contributed by atoms with Crippen LogP contribution < -0.4 is 0 Å². The van der Waals surface area contributed by atoms with E-state index < -0.39 is 12.2 Å². The Labute approximate surface area is 190 Å². The number of ether oxygens (including phenoxy) is 2. The van der Waals surface area contributed by atoms with E-state index in [4.69, 9.17) is 9.47 Å². The molecule has 0 spiro atoms. The first-order valence-corrected chi connectivity index (χ1v) is 11.6. The van der Waals surface area contributed by atoms with Gasteiger partial charge >= 0.3 is 5.97 Å². The normalized spacial score (nSPS) is 31.3. The summed E-state index contributed by atoms with van der Waals surface area (Å²) in [4.78, 5) is 27.7. The molecule has 1 heterocycles. The number of rotatable bonds is 5. The standard InChI is InChI=1S/C26H35NO5/c1-16(28)32-22-21(31-5)19-15-27(14-11-17-7-9-18(29)10-8-17)24(30)20(19)26(4)13-6-12-25(2,3)23(22)26/h7-10,21-23,29H,6,11-15H2,1-5H3/t21-,22+,23-,26+/m0/s1. The first kappa shape index (κ1) is 22.8. The summed E-state index contributed by atoms with van der Waals surface area (Å²) in [6.45, 7) is 9.20. The number of carbonyl (C=O) groups excluding carboxylic acids is 2. The molecule has 0 saturated heterocycles. The number of hydrogen-bond acceptors (Lipinski definition) is 5. The van der Waals surface area contributed by atoms with Crippen molar-refractivity contribution in [1.82, 2.24) is 4.90 Å². The molecule has 1 amide bonds. The van der Waals surface area contributed by atoms with Crippen LogP contribution in [0.5, 0.6) is 5.75 Å². The van der Waals surface area contributed by atoms with Gasteiger partial charge in [0.25, 0.3) is 5.91 Å². The molecule has 6 heteroatoms. The summed E-state index contributed by atoms with van der Waals surface area (Å²) in [5, 5.41) is 9.52. The van der Waals surface area contributed by atoms with Gasteiger partial charge in [-0.05, 0) is 47.9 Å². The molecule has 3 aliphatic rings. The zero-order valence-corrected chi connectivity index (χ0v) is 19.8. The van der Waals surface area contributed by atoms with Gasteiger partial charge in [-0.25, -0.2) is 0 Å². The molecule has 1 aliphatic heterocycles. The first-order chi connectivity index (χ1) is 15.1. The van der Waals surface area contributed by atoms with Crippen molar-refractivity contribution >= 4 is 11.9 Å². The van der Waals surface area contributed by atoms with Gasteiger partial charge in [0.15, 0.2) is 0 Å². The number of methoxy groups -OCH3 is 1. The van der Waals surface area contributed by atoms with Gasteiger partial charge < -0.3 is 19.5 Å². The number of phenols is 1. The molecule has 1 N–H and O–H groups in total. The number of carbonyl (C=O) groups is 2. The van der Waals surface area contributed by atoms with E-state index in [2.05, 4.69) is 20.8 Å². The summed E-state index contributed by atoms with van der Waals surface area (Å²) in [7, 11) is 1.65. The van der Waals surface area contributed by atoms with Gasteiger partial charge in [-0.15, -0.1) is 0 Å². The summed E-state index contributed by atoms with van der Waals surface area (Å²) in [5.74, 6) is 0.0319. The van der Waals surface area contributed by atoms with Gasteiger partial charge in [0, 0.05) is 44.0 Å². The molecule has 1 saturated carbocycles. The van der Waals surface area contributed by atoms with Gasteiger partial charge in [-0.3, -0.25) is 9.59 Å². The SMILES string of the molecule is CO[C@H]1C2=C(C(=O)N(CCc3ccc(O)cc3)C2)[C@@]2(C)CCCC(C)(C)[C@@H]2[C@@H]1OC(C)=O. The van der Waals surface area contributed by atoms with Gasteiger partial charge in [0.2, 0.25) is 0 Å². The fourth-order valence-corrected chi connectivity index (χ4v) is 6.75. The van der Waals surface area contributed by atoms with Crippen LogP contribution in [-0.2, 0) is 25.5 Å². The molecule has 0 bridgehead atoms. The summed E-state index contributed by atoms with van der Waals surface area (Å²) in [5.41, 5.74) is 2.50. The fraction of sp³-hybridized carbons (Fsp3) is 0.615. The summed E-state index contributed by atoms with van der Waals surface area (Å²) < 4.78 is 11.9. The molecule has 4 rings (SSSR count). The Balaban J connectivity index is 1.68. The molecule has 174 valence electrons. The highest BCUT2D eigenvalue weighted by molar-refractivity contribution is 5.99. The van der Waals surface area contributed by atoms with E-state index in [1.54, 1.807) is 19.2 Å². The summed E-state index contributed by atoms with van der Waals surface area (Å²) in [6, 6.07) is 7.12. The zero-order chi connectivity index (χ0) is 23.3. The van der Waals surface area contributed by atoms with Crippen molar-refractivity contribution in [3.63, 3.8) is 0 Å². The molecule has 4 atom stereocenters. The minimum Gasteiger partial charge on any atom is -0.508 e. The molecule has 0 aromatic heterocycles. The molecule has 1 aromatic carbocycles. The third-order valence-corrected chi connectivity index (χ3v) is 7.93. The van der Waals surface area contributed by atoms with Gasteiger partial charge in [0.05, 0.1) is 0 Å². The second-order valence-corrected chi connectivity index (χ2v) is 10.5. The van der Waals surface area contributed by atoms with Crippen molar-refractivity contribution in [2.45, 2.75) is 65.6 Å². The molecule has 1 aromatic rings. The van der Waals surface area contributed by atoms with E-state index in [0.717, 1.165) is 36.0 Å². The van der Waals surface area contributed by atoms with Crippen LogP contribution in [0.15, 0.2) is 35.4 Å².